The summed E-state index contributed by atoms with van der Waals surface area (Å²) in [7, 11) is -0.0962. The highest BCUT2D eigenvalue weighted by Gasteiger charge is 2.39. The van der Waals surface area contributed by atoms with E-state index in [1.54, 1.807) is 0 Å². The van der Waals surface area contributed by atoms with E-state index in [-0.39, 0.29) is 39.6 Å². The Morgan fingerprint density at radius 3 is 2.61 bits per heavy atom. The van der Waals surface area contributed by atoms with Crippen LogP contribution < -0.4 is 9.16 Å². The van der Waals surface area contributed by atoms with Gasteiger partial charge in [-0.25, -0.2) is 4.39 Å². The number of likely N-dealkylation sites (tertiary alicyclic amines) is 1. The Labute approximate surface area is 223 Å². The van der Waals surface area contributed by atoms with Gasteiger partial charge in [0.05, 0.1) is 5.39 Å². The Kier molecular flexibility index (Phi) is 6.77. The summed E-state index contributed by atoms with van der Waals surface area (Å²) < 4.78 is 28.5. The molecule has 1 N–H and O–H groups in total. The number of nitrogens with zero attached hydrogens (tertiary/aromatic N) is 4. The molecular formula is C29H35FN4O3Si. The molecule has 38 heavy (non-hydrogen) atoms. The van der Waals surface area contributed by atoms with Crippen molar-refractivity contribution >= 4 is 30.0 Å². The molecule has 200 valence electrons. The normalized spacial score (nSPS) is 16.9. The van der Waals surface area contributed by atoms with Crippen LogP contribution in [-0.4, -0.2) is 59.5 Å². The summed E-state index contributed by atoms with van der Waals surface area (Å²) in [5.74, 6) is -0.318. The summed E-state index contributed by atoms with van der Waals surface area (Å²) in [6, 6.07) is 11.8. The Bertz CT molecular complexity index is 1510. The number of hydrogen-bond acceptors (Lipinski definition) is 7. The van der Waals surface area contributed by atoms with Crippen LogP contribution in [0.25, 0.3) is 32.9 Å². The minimum Gasteiger partial charge on any atom is -0.543 e. The van der Waals surface area contributed by atoms with Crippen LogP contribution in [0.4, 0.5) is 4.39 Å². The van der Waals surface area contributed by atoms with Gasteiger partial charge in [-0.1, -0.05) is 45.0 Å². The van der Waals surface area contributed by atoms with E-state index in [9.17, 15) is 5.11 Å². The molecule has 1 aliphatic heterocycles. The summed E-state index contributed by atoms with van der Waals surface area (Å²) >= 11 is 0. The SMILES string of the molecule is CN1CCC[C@H]1COc1nc(O)c2cnc(-c3cc(O[Si](C)(C)C(C)(C)C)cc4ccccc34)c(F)c2n1. The highest BCUT2D eigenvalue weighted by Crippen LogP contribution is 2.41. The van der Waals surface area contributed by atoms with Crippen molar-refractivity contribution in [2.24, 2.45) is 0 Å². The van der Waals surface area contributed by atoms with Crippen molar-refractivity contribution in [3.8, 4) is 28.9 Å². The molecule has 1 saturated heterocycles. The average molecular weight is 535 g/mol. The molecule has 4 aromatic rings. The monoisotopic (exact) mass is 534 g/mol. The summed E-state index contributed by atoms with van der Waals surface area (Å²) in [5, 5.41) is 12.4. The molecule has 0 radical (unpaired) electrons. The van der Waals surface area contributed by atoms with Gasteiger partial charge in [-0.15, -0.1) is 0 Å². The van der Waals surface area contributed by atoms with Gasteiger partial charge < -0.3 is 19.2 Å². The first kappa shape index (κ1) is 26.3. The number of likely N-dealkylation sites (N-methyl/N-ethyl adjacent to an activating group) is 1. The second kappa shape index (κ2) is 9.78. The number of ether oxygens (including phenoxy) is 1. The standard InChI is InChI=1S/C29H35FN4O3Si/c1-29(2,3)38(5,6)37-20-14-18-10-7-8-12-21(18)22(15-20)25-24(30)26-23(16-31-25)27(35)33-28(32-26)36-17-19-11-9-13-34(19)4/h7-8,10,12,14-16,19H,9,11,13,17H2,1-6H3,(H,32,33,35)/t19-/m0/s1. The molecular weight excluding hydrogens is 499 g/mol. The lowest BCUT2D eigenvalue weighted by Gasteiger charge is -2.36. The van der Waals surface area contributed by atoms with Gasteiger partial charge in [0.25, 0.3) is 0 Å². The lowest BCUT2D eigenvalue weighted by atomic mass is 10.0. The van der Waals surface area contributed by atoms with Crippen molar-refractivity contribution in [1.82, 2.24) is 19.9 Å². The third-order valence-electron chi connectivity index (χ3n) is 7.99. The van der Waals surface area contributed by atoms with Crippen LogP contribution in [0, 0.1) is 5.82 Å². The first-order valence-corrected chi connectivity index (χ1v) is 16.0. The van der Waals surface area contributed by atoms with Gasteiger partial charge in [-0.2, -0.15) is 9.97 Å². The molecule has 0 amide bonds. The summed E-state index contributed by atoms with van der Waals surface area (Å²) in [6.45, 7) is 12.3. The molecule has 1 fully saturated rings. The molecule has 0 unspecified atom stereocenters. The number of aromatic nitrogens is 3. The largest absolute Gasteiger partial charge is 0.543 e. The third kappa shape index (κ3) is 4.92. The Morgan fingerprint density at radius 1 is 1.13 bits per heavy atom. The van der Waals surface area contributed by atoms with Crippen LogP contribution in [0.15, 0.2) is 42.6 Å². The number of aromatic hydroxyl groups is 1. The maximum atomic E-state index is 16.1. The second-order valence-corrected chi connectivity index (χ2v) is 16.4. The quantitative estimate of drug-likeness (QED) is 0.281. The molecule has 0 saturated carbocycles. The van der Waals surface area contributed by atoms with Crippen LogP contribution in [0.2, 0.25) is 18.1 Å². The van der Waals surface area contributed by atoms with Crippen molar-refractivity contribution in [2.75, 3.05) is 20.2 Å². The zero-order valence-electron chi connectivity index (χ0n) is 22.9. The van der Waals surface area contributed by atoms with Crippen molar-refractivity contribution in [2.45, 2.75) is 57.8 Å². The van der Waals surface area contributed by atoms with Gasteiger partial charge in [-0.05, 0) is 67.5 Å². The highest BCUT2D eigenvalue weighted by molar-refractivity contribution is 6.74. The van der Waals surface area contributed by atoms with E-state index in [0.717, 1.165) is 30.2 Å². The minimum atomic E-state index is -2.14. The Balaban J connectivity index is 1.59. The zero-order chi connectivity index (χ0) is 27.2. The third-order valence-corrected chi connectivity index (χ3v) is 12.3. The predicted octanol–water partition coefficient (Wildman–Crippen LogP) is 6.55. The average Bonchev–Trinajstić information content (AvgIpc) is 3.26. The van der Waals surface area contributed by atoms with Gasteiger partial charge in [0, 0.05) is 17.8 Å². The maximum Gasteiger partial charge on any atom is 0.320 e. The maximum absolute atomic E-state index is 16.1. The van der Waals surface area contributed by atoms with Gasteiger partial charge in [0.15, 0.2) is 5.82 Å². The summed E-state index contributed by atoms with van der Waals surface area (Å²) in [5.41, 5.74) is 0.704. The molecule has 2 aromatic heterocycles. The number of rotatable bonds is 6. The molecule has 1 atom stereocenters. The Hall–Kier alpha value is -3.30. The molecule has 1 aliphatic rings. The van der Waals surface area contributed by atoms with Gasteiger partial charge in [-0.3, -0.25) is 4.98 Å². The molecule has 7 nitrogen and oxygen atoms in total. The lowest BCUT2D eigenvalue weighted by Crippen LogP contribution is -2.43. The van der Waals surface area contributed by atoms with E-state index in [0.29, 0.717) is 17.9 Å². The fourth-order valence-electron chi connectivity index (χ4n) is 4.62. The van der Waals surface area contributed by atoms with E-state index in [1.807, 2.05) is 43.4 Å². The number of benzene rings is 2. The van der Waals surface area contributed by atoms with E-state index in [1.165, 1.54) is 6.20 Å². The van der Waals surface area contributed by atoms with E-state index >= 15 is 4.39 Å². The molecule has 0 bridgehead atoms. The van der Waals surface area contributed by atoms with Crippen LogP contribution in [-0.2, 0) is 0 Å². The smallest absolute Gasteiger partial charge is 0.320 e. The first-order valence-electron chi connectivity index (χ1n) is 13.0. The number of halogens is 1. The number of fused-ring (bicyclic) bond motifs is 2. The number of pyridine rings is 1. The molecule has 2 aromatic carbocycles. The lowest BCUT2D eigenvalue weighted by molar-refractivity contribution is 0.187. The van der Waals surface area contributed by atoms with E-state index < -0.39 is 14.1 Å². The van der Waals surface area contributed by atoms with Crippen molar-refractivity contribution < 1.29 is 18.7 Å². The van der Waals surface area contributed by atoms with Crippen LogP contribution in [0.1, 0.15) is 33.6 Å². The zero-order valence-corrected chi connectivity index (χ0v) is 23.9. The van der Waals surface area contributed by atoms with Gasteiger partial charge >= 0.3 is 6.01 Å². The van der Waals surface area contributed by atoms with Crippen molar-refractivity contribution in [3.05, 3.63) is 48.4 Å². The highest BCUT2D eigenvalue weighted by atomic mass is 28.4. The fourth-order valence-corrected chi connectivity index (χ4v) is 5.63. The topological polar surface area (TPSA) is 80.6 Å². The molecule has 5 rings (SSSR count). The van der Waals surface area contributed by atoms with Crippen LogP contribution in [0.5, 0.6) is 17.6 Å². The molecule has 3 heterocycles. The molecule has 0 spiro atoms. The molecule has 0 aliphatic carbocycles. The predicted molar refractivity (Wildman–Crippen MR) is 151 cm³/mol. The molecule has 9 heteroatoms. The minimum absolute atomic E-state index is 0.00338. The Morgan fingerprint density at radius 2 is 1.89 bits per heavy atom. The fraction of sp³-hybridized carbons (Fsp3) is 0.414. The van der Waals surface area contributed by atoms with Crippen LogP contribution >= 0.6 is 0 Å². The summed E-state index contributed by atoms with van der Waals surface area (Å²) in [6.07, 6.45) is 3.52. The number of hydrogen-bond donors (Lipinski definition) is 1. The van der Waals surface area contributed by atoms with Crippen LogP contribution in [0.3, 0.4) is 0 Å². The summed E-state index contributed by atoms with van der Waals surface area (Å²) in [4.78, 5) is 15.0. The van der Waals surface area contributed by atoms with E-state index in [4.69, 9.17) is 9.16 Å². The van der Waals surface area contributed by atoms with Crippen molar-refractivity contribution in [1.29, 1.82) is 0 Å². The first-order chi connectivity index (χ1) is 17.9. The van der Waals surface area contributed by atoms with E-state index in [2.05, 4.69) is 53.7 Å². The second-order valence-electron chi connectivity index (χ2n) is 11.7. The van der Waals surface area contributed by atoms with Gasteiger partial charge in [0.2, 0.25) is 14.2 Å². The van der Waals surface area contributed by atoms with Gasteiger partial charge in [0.1, 0.15) is 23.6 Å². The van der Waals surface area contributed by atoms with Crippen molar-refractivity contribution in [3.63, 3.8) is 0 Å².